The van der Waals surface area contributed by atoms with Gasteiger partial charge in [0.2, 0.25) is 0 Å². The van der Waals surface area contributed by atoms with E-state index in [-0.39, 0.29) is 19.6 Å². The van der Waals surface area contributed by atoms with Crippen molar-refractivity contribution >= 4 is 16.4 Å². The van der Waals surface area contributed by atoms with Crippen molar-refractivity contribution in [1.82, 2.24) is 0 Å². The molecule has 1 saturated heterocycles. The maximum Gasteiger partial charge on any atom is 0.397 e. The van der Waals surface area contributed by atoms with E-state index in [2.05, 4.69) is 18.0 Å². The monoisotopic (exact) mass is 754 g/mol. The summed E-state index contributed by atoms with van der Waals surface area (Å²) in [7, 11) is -5.05. The highest BCUT2D eigenvalue weighted by Gasteiger charge is 2.48. The van der Waals surface area contributed by atoms with Crippen molar-refractivity contribution in [1.29, 1.82) is 0 Å². The molecule has 0 saturated carbocycles. The first kappa shape index (κ1) is 48.1. The van der Waals surface area contributed by atoms with Gasteiger partial charge in [-0.2, -0.15) is 8.42 Å². The topological polar surface area (TPSA) is 178 Å². The minimum absolute atomic E-state index is 0.0437. The standard InChI is InChI=1S/C38H74O12S/c1-3-5-7-9-11-13-15-17-19-21-23-25-27-34(40)48-32(30-46-28-26-24-22-20-18-16-14-12-10-8-6-4-2)31-47-38-36(42)37(50-51(43,44)45)35(41)33(29-39)49-38/h32-33,35-39,41-42H,3-31H2,1-2H3,(H,43,44,45). The van der Waals surface area contributed by atoms with Crippen LogP contribution in [0.25, 0.3) is 0 Å². The summed E-state index contributed by atoms with van der Waals surface area (Å²) in [5.74, 6) is -0.397. The smallest absolute Gasteiger partial charge is 0.397 e. The third-order valence-electron chi connectivity index (χ3n) is 9.48. The lowest BCUT2D eigenvalue weighted by molar-refractivity contribution is -0.301. The molecule has 0 aliphatic carbocycles. The number of rotatable bonds is 35. The van der Waals surface area contributed by atoms with E-state index in [9.17, 15) is 28.5 Å². The summed E-state index contributed by atoms with van der Waals surface area (Å²) in [6, 6.07) is 0. The Labute approximate surface area is 309 Å². The zero-order valence-electron chi connectivity index (χ0n) is 31.9. The zero-order valence-corrected chi connectivity index (χ0v) is 32.7. The highest BCUT2D eigenvalue weighted by Crippen LogP contribution is 2.26. The molecule has 1 rings (SSSR count). The average Bonchev–Trinajstić information content (AvgIpc) is 3.09. The quantitative estimate of drug-likeness (QED) is 0.0288. The van der Waals surface area contributed by atoms with Crippen LogP contribution in [0.1, 0.15) is 174 Å². The van der Waals surface area contributed by atoms with Crippen molar-refractivity contribution in [2.45, 2.75) is 211 Å². The van der Waals surface area contributed by atoms with Gasteiger partial charge >= 0.3 is 16.4 Å². The number of unbranched alkanes of at least 4 members (excludes halogenated alkanes) is 22. The number of carbonyl (C=O) groups is 1. The van der Waals surface area contributed by atoms with Crippen LogP contribution in [0.3, 0.4) is 0 Å². The molecule has 304 valence electrons. The predicted octanol–water partition coefficient (Wildman–Crippen LogP) is 7.35. The van der Waals surface area contributed by atoms with Crippen molar-refractivity contribution < 1.29 is 56.2 Å². The molecule has 1 fully saturated rings. The second kappa shape index (κ2) is 31.5. The Kier molecular flexibility index (Phi) is 29.7. The first-order valence-corrected chi connectivity index (χ1v) is 21.7. The van der Waals surface area contributed by atoms with Crippen molar-refractivity contribution in [2.75, 3.05) is 26.4 Å². The second-order valence-corrected chi connectivity index (χ2v) is 15.3. The highest BCUT2D eigenvalue weighted by atomic mass is 32.3. The van der Waals surface area contributed by atoms with E-state index in [1.807, 2.05) is 0 Å². The summed E-state index contributed by atoms with van der Waals surface area (Å²) in [5, 5.41) is 30.5. The molecule has 51 heavy (non-hydrogen) atoms. The maximum absolute atomic E-state index is 12.8. The van der Waals surface area contributed by atoms with Gasteiger partial charge < -0.3 is 34.3 Å². The first-order chi connectivity index (χ1) is 24.6. The Bertz CT molecular complexity index is 921. The predicted molar refractivity (Wildman–Crippen MR) is 198 cm³/mol. The third-order valence-corrected chi connectivity index (χ3v) is 9.94. The van der Waals surface area contributed by atoms with Gasteiger partial charge in [-0.1, -0.05) is 155 Å². The van der Waals surface area contributed by atoms with Crippen molar-refractivity contribution in [3.63, 3.8) is 0 Å². The second-order valence-electron chi connectivity index (χ2n) is 14.2. The summed E-state index contributed by atoms with van der Waals surface area (Å²) >= 11 is 0. The molecule has 13 heteroatoms. The number of hydrogen-bond acceptors (Lipinski definition) is 11. The molecule has 0 bridgehead atoms. The number of aliphatic hydroxyl groups is 3. The van der Waals surface area contributed by atoms with Gasteiger partial charge in [0.25, 0.3) is 0 Å². The van der Waals surface area contributed by atoms with Gasteiger partial charge in [0.05, 0.1) is 19.8 Å². The van der Waals surface area contributed by atoms with Crippen LogP contribution < -0.4 is 0 Å². The molecule has 1 aliphatic rings. The number of ether oxygens (including phenoxy) is 4. The SMILES string of the molecule is CCCCCCCCCCCCCCOCC(COC1OC(CO)C(O)C(OS(=O)(=O)O)C1O)OC(=O)CCCCCCCCCCCCCC. The molecular weight excluding hydrogens is 680 g/mol. The van der Waals surface area contributed by atoms with E-state index in [1.165, 1.54) is 109 Å². The fourth-order valence-electron chi connectivity index (χ4n) is 6.38. The number of hydrogen-bond donors (Lipinski definition) is 4. The van der Waals surface area contributed by atoms with E-state index < -0.39 is 59.8 Å². The van der Waals surface area contributed by atoms with Crippen molar-refractivity contribution in [2.24, 2.45) is 0 Å². The van der Waals surface area contributed by atoms with E-state index in [0.29, 0.717) is 13.0 Å². The van der Waals surface area contributed by atoms with Crippen LogP contribution in [0, 0.1) is 0 Å². The van der Waals surface area contributed by atoms with Gasteiger partial charge in [-0.05, 0) is 12.8 Å². The molecular formula is C38H74O12S. The molecule has 4 N–H and O–H groups in total. The Morgan fingerprint density at radius 2 is 1.12 bits per heavy atom. The minimum Gasteiger partial charge on any atom is -0.457 e. The number of esters is 1. The van der Waals surface area contributed by atoms with Gasteiger partial charge in [-0.15, -0.1) is 0 Å². The normalized spacial score (nSPS) is 21.6. The van der Waals surface area contributed by atoms with Gasteiger partial charge in [0, 0.05) is 13.0 Å². The summed E-state index contributed by atoms with van der Waals surface area (Å²) < 4.78 is 58.8. The lowest BCUT2D eigenvalue weighted by Crippen LogP contribution is -2.60. The number of aliphatic hydroxyl groups excluding tert-OH is 3. The molecule has 6 unspecified atom stereocenters. The van der Waals surface area contributed by atoms with Crippen LogP contribution in [-0.4, -0.2) is 97.5 Å². The lowest BCUT2D eigenvalue weighted by atomic mass is 9.99. The third kappa shape index (κ3) is 25.7. The molecule has 0 aromatic carbocycles. The average molecular weight is 755 g/mol. The number of carbonyl (C=O) groups excluding carboxylic acids is 1. The van der Waals surface area contributed by atoms with E-state index in [1.54, 1.807) is 0 Å². The summed E-state index contributed by atoms with van der Waals surface area (Å²) in [6.07, 6.45) is 20.0. The van der Waals surface area contributed by atoms with Crippen LogP contribution in [0.2, 0.25) is 0 Å². The van der Waals surface area contributed by atoms with Crippen molar-refractivity contribution in [3.8, 4) is 0 Å². The summed E-state index contributed by atoms with van der Waals surface area (Å²) in [4.78, 5) is 12.8. The zero-order chi connectivity index (χ0) is 37.6. The molecule has 0 amide bonds. The summed E-state index contributed by atoms with van der Waals surface area (Å²) in [6.45, 7) is 3.99. The van der Waals surface area contributed by atoms with Crippen LogP contribution in [-0.2, 0) is 38.3 Å². The Balaban J connectivity index is 2.48. The molecule has 1 aliphatic heterocycles. The van der Waals surface area contributed by atoms with E-state index >= 15 is 0 Å². The van der Waals surface area contributed by atoms with Gasteiger partial charge in [-0.25, -0.2) is 4.18 Å². The molecule has 12 nitrogen and oxygen atoms in total. The molecule has 1 heterocycles. The van der Waals surface area contributed by atoms with Gasteiger partial charge in [0.15, 0.2) is 6.29 Å². The molecule has 0 aromatic heterocycles. The van der Waals surface area contributed by atoms with E-state index in [0.717, 1.165) is 38.5 Å². The fraction of sp³-hybridized carbons (Fsp3) is 0.974. The van der Waals surface area contributed by atoms with Crippen LogP contribution in [0.4, 0.5) is 0 Å². The molecule has 6 atom stereocenters. The highest BCUT2D eigenvalue weighted by molar-refractivity contribution is 7.80. The fourth-order valence-corrected chi connectivity index (χ4v) is 6.89. The van der Waals surface area contributed by atoms with Crippen LogP contribution >= 0.6 is 0 Å². The lowest BCUT2D eigenvalue weighted by Gasteiger charge is -2.41. The Morgan fingerprint density at radius 3 is 1.57 bits per heavy atom. The molecule has 0 spiro atoms. The Hall–Kier alpha value is -0.900. The van der Waals surface area contributed by atoms with E-state index in [4.69, 9.17) is 23.5 Å². The van der Waals surface area contributed by atoms with Crippen LogP contribution in [0.15, 0.2) is 0 Å². The van der Waals surface area contributed by atoms with Gasteiger partial charge in [0.1, 0.15) is 30.5 Å². The maximum atomic E-state index is 12.8. The first-order valence-electron chi connectivity index (χ1n) is 20.3. The largest absolute Gasteiger partial charge is 0.457 e. The molecule has 0 radical (unpaired) electrons. The Morgan fingerprint density at radius 1 is 0.667 bits per heavy atom. The summed E-state index contributed by atoms with van der Waals surface area (Å²) in [5.41, 5.74) is 0. The van der Waals surface area contributed by atoms with Crippen LogP contribution in [0.5, 0.6) is 0 Å². The van der Waals surface area contributed by atoms with Crippen molar-refractivity contribution in [3.05, 3.63) is 0 Å². The minimum atomic E-state index is -5.05. The molecule has 0 aromatic rings. The van der Waals surface area contributed by atoms with Gasteiger partial charge in [-0.3, -0.25) is 9.35 Å².